The van der Waals surface area contributed by atoms with Crippen LogP contribution in [0.1, 0.15) is 12.8 Å². The third-order valence-corrected chi connectivity index (χ3v) is 3.94. The highest BCUT2D eigenvalue weighted by Gasteiger charge is 2.14. The highest BCUT2D eigenvalue weighted by molar-refractivity contribution is 5.95. The molecule has 2 N–H and O–H groups in total. The minimum Gasteiger partial charge on any atom is -0.493 e. The molecule has 26 heavy (non-hydrogen) atoms. The second-order valence-corrected chi connectivity index (χ2v) is 5.76. The van der Waals surface area contributed by atoms with Crippen LogP contribution in [0.2, 0.25) is 0 Å². The maximum Gasteiger partial charge on any atom is 0.265 e. The van der Waals surface area contributed by atoms with E-state index in [9.17, 15) is 14.7 Å². The number of hydrogen-bond acceptors (Lipinski definition) is 4. The number of benzene rings is 2. The van der Waals surface area contributed by atoms with Gasteiger partial charge in [0.05, 0.1) is 5.52 Å². The van der Waals surface area contributed by atoms with E-state index in [4.69, 9.17) is 0 Å². The number of aromatic hydroxyl groups is 1. The van der Waals surface area contributed by atoms with Crippen LogP contribution >= 0.6 is 0 Å². The first-order valence-corrected chi connectivity index (χ1v) is 8.12. The zero-order valence-electron chi connectivity index (χ0n) is 14.2. The minimum absolute atomic E-state index is 0.00820. The maximum atomic E-state index is 11.9. The molecule has 7 nitrogen and oxygen atoms in total. The quantitative estimate of drug-likeness (QED) is 0.683. The second-order valence-electron chi connectivity index (χ2n) is 5.76. The van der Waals surface area contributed by atoms with Gasteiger partial charge < -0.3 is 15.0 Å². The number of carbonyl (C=O) groups excluding carboxylic acids is 2. The second kappa shape index (κ2) is 7.60. The van der Waals surface area contributed by atoms with Gasteiger partial charge >= 0.3 is 0 Å². The van der Waals surface area contributed by atoms with Crippen LogP contribution < -0.4 is 5.32 Å². The zero-order chi connectivity index (χ0) is 18.5. The van der Waals surface area contributed by atoms with Gasteiger partial charge in [-0.15, -0.1) is 10.2 Å². The summed E-state index contributed by atoms with van der Waals surface area (Å²) in [7, 11) is 1.70. The van der Waals surface area contributed by atoms with Crippen molar-refractivity contribution in [1.82, 2.24) is 4.57 Å². The summed E-state index contributed by atoms with van der Waals surface area (Å²) in [6.07, 6.45) is -0.0536. The summed E-state index contributed by atoms with van der Waals surface area (Å²) in [5.74, 6) is -0.863. The molecule has 3 aromatic rings. The molecule has 7 heteroatoms. The lowest BCUT2D eigenvalue weighted by Gasteiger charge is -2.03. The van der Waals surface area contributed by atoms with E-state index in [-0.39, 0.29) is 30.3 Å². The number of carbonyl (C=O) groups is 2. The monoisotopic (exact) mass is 350 g/mol. The van der Waals surface area contributed by atoms with Crippen molar-refractivity contribution < 1.29 is 14.7 Å². The first kappa shape index (κ1) is 17.3. The molecule has 1 aromatic heterocycles. The van der Waals surface area contributed by atoms with Crippen molar-refractivity contribution in [3.8, 4) is 5.88 Å². The van der Waals surface area contributed by atoms with Crippen LogP contribution in [0.25, 0.3) is 10.9 Å². The number of nitrogens with one attached hydrogen (secondary N) is 1. The first-order valence-electron chi connectivity index (χ1n) is 8.12. The molecule has 0 aliphatic rings. The molecule has 0 saturated heterocycles. The van der Waals surface area contributed by atoms with E-state index in [1.54, 1.807) is 29.8 Å². The molecule has 0 spiro atoms. The Labute approximate surface area is 150 Å². The van der Waals surface area contributed by atoms with Crippen molar-refractivity contribution in [2.24, 2.45) is 17.3 Å². The lowest BCUT2D eigenvalue weighted by Crippen LogP contribution is -2.12. The van der Waals surface area contributed by atoms with Gasteiger partial charge in [-0.05, 0) is 18.2 Å². The average molecular weight is 350 g/mol. The molecule has 0 fully saturated rings. The fourth-order valence-electron chi connectivity index (χ4n) is 2.58. The number of anilines is 1. The summed E-state index contributed by atoms with van der Waals surface area (Å²) >= 11 is 0. The highest BCUT2D eigenvalue weighted by atomic mass is 16.3. The van der Waals surface area contributed by atoms with Crippen LogP contribution in [0.5, 0.6) is 5.88 Å². The lowest BCUT2D eigenvalue weighted by molar-refractivity contribution is -0.122. The van der Waals surface area contributed by atoms with Gasteiger partial charge in [0.1, 0.15) is 0 Å². The van der Waals surface area contributed by atoms with Crippen molar-refractivity contribution in [2.45, 2.75) is 12.8 Å². The molecule has 0 aliphatic heterocycles. The molecule has 2 amide bonds. The number of azo groups is 1. The van der Waals surface area contributed by atoms with Crippen molar-refractivity contribution in [2.75, 3.05) is 5.32 Å². The third kappa shape index (κ3) is 3.77. The summed E-state index contributed by atoms with van der Waals surface area (Å²) in [5, 5.41) is 21.1. The van der Waals surface area contributed by atoms with E-state index in [2.05, 4.69) is 15.5 Å². The Kier molecular flexibility index (Phi) is 5.07. The topological polar surface area (TPSA) is 96.0 Å². The molecule has 3 rings (SSSR count). The molecule has 0 atom stereocenters. The third-order valence-electron chi connectivity index (χ3n) is 3.94. The fourth-order valence-corrected chi connectivity index (χ4v) is 2.58. The Balaban J connectivity index is 1.62. The molecule has 132 valence electrons. The number of fused-ring (bicyclic) bond motifs is 1. The Bertz CT molecular complexity index is 977. The molecule has 0 aliphatic carbocycles. The average Bonchev–Trinajstić information content (AvgIpc) is 2.90. The van der Waals surface area contributed by atoms with Gasteiger partial charge in [0.25, 0.3) is 5.91 Å². The van der Waals surface area contributed by atoms with Gasteiger partial charge in [-0.1, -0.05) is 36.4 Å². The van der Waals surface area contributed by atoms with Crippen molar-refractivity contribution in [3.05, 3.63) is 54.6 Å². The Morgan fingerprint density at radius 2 is 1.73 bits per heavy atom. The molecule has 0 unspecified atom stereocenters. The zero-order valence-corrected chi connectivity index (χ0v) is 14.2. The minimum atomic E-state index is -0.527. The Hall–Kier alpha value is -3.48. The number of nitrogens with zero attached hydrogens (tertiary/aromatic N) is 3. The molecule has 0 bridgehead atoms. The number of rotatable bonds is 5. The van der Waals surface area contributed by atoms with E-state index >= 15 is 0 Å². The van der Waals surface area contributed by atoms with Gasteiger partial charge in [0.15, 0.2) is 5.69 Å². The van der Waals surface area contributed by atoms with Gasteiger partial charge in [-0.25, -0.2) is 0 Å². The van der Waals surface area contributed by atoms with Gasteiger partial charge in [-0.3, -0.25) is 9.59 Å². The van der Waals surface area contributed by atoms with E-state index in [1.807, 2.05) is 36.4 Å². The highest BCUT2D eigenvalue weighted by Crippen LogP contribution is 2.37. The van der Waals surface area contributed by atoms with Gasteiger partial charge in [-0.2, -0.15) is 0 Å². The number of hydrogen-bond donors (Lipinski definition) is 2. The standard InChI is InChI=1S/C19H18N4O3/c1-23-15-10-6-5-9-14(15)18(19(23)26)22-21-17(25)12-11-16(24)20-13-7-3-2-4-8-13/h2-10,26H,11-12H2,1H3,(H,20,24). The van der Waals surface area contributed by atoms with E-state index in [0.717, 1.165) is 5.52 Å². The van der Waals surface area contributed by atoms with Crippen molar-refractivity contribution in [3.63, 3.8) is 0 Å². The molecule has 0 saturated carbocycles. The molecular formula is C19H18N4O3. The Morgan fingerprint density at radius 3 is 2.50 bits per heavy atom. The van der Waals surface area contributed by atoms with Gasteiger partial charge in [0.2, 0.25) is 11.8 Å². The molecule has 1 heterocycles. The summed E-state index contributed by atoms with van der Waals surface area (Å²) in [4.78, 5) is 23.7. The van der Waals surface area contributed by atoms with E-state index < -0.39 is 5.91 Å². The summed E-state index contributed by atoms with van der Waals surface area (Å²) in [5.41, 5.74) is 1.70. The summed E-state index contributed by atoms with van der Waals surface area (Å²) in [6, 6.07) is 16.3. The molecule has 2 aromatic carbocycles. The summed E-state index contributed by atoms with van der Waals surface area (Å²) < 4.78 is 1.57. The number of aromatic nitrogens is 1. The van der Waals surface area contributed by atoms with Crippen LogP contribution in [0.4, 0.5) is 11.4 Å². The fraction of sp³-hybridized carbons (Fsp3) is 0.158. The SMILES string of the molecule is Cn1c(O)c(N=NC(=O)CCC(=O)Nc2ccccc2)c2ccccc21. The predicted molar refractivity (Wildman–Crippen MR) is 98.4 cm³/mol. The predicted octanol–water partition coefficient (Wildman–Crippen LogP) is 3.91. The van der Waals surface area contributed by atoms with Crippen molar-refractivity contribution in [1.29, 1.82) is 0 Å². The number of para-hydroxylation sites is 2. The number of amides is 2. The van der Waals surface area contributed by atoms with Crippen LogP contribution in [-0.4, -0.2) is 21.5 Å². The normalized spacial score (nSPS) is 11.1. The first-order chi connectivity index (χ1) is 12.6. The van der Waals surface area contributed by atoms with Crippen LogP contribution in [0.15, 0.2) is 64.8 Å². The Morgan fingerprint density at radius 1 is 1.04 bits per heavy atom. The molecular weight excluding hydrogens is 332 g/mol. The van der Waals surface area contributed by atoms with Crippen molar-refractivity contribution >= 4 is 34.1 Å². The number of aryl methyl sites for hydroxylation is 1. The largest absolute Gasteiger partial charge is 0.493 e. The van der Waals surface area contributed by atoms with E-state index in [0.29, 0.717) is 11.1 Å². The smallest absolute Gasteiger partial charge is 0.265 e. The van der Waals surface area contributed by atoms with Crippen LogP contribution in [0.3, 0.4) is 0 Å². The van der Waals surface area contributed by atoms with Crippen LogP contribution in [-0.2, 0) is 16.6 Å². The molecule has 0 radical (unpaired) electrons. The van der Waals surface area contributed by atoms with Crippen LogP contribution in [0, 0.1) is 0 Å². The maximum absolute atomic E-state index is 11.9. The summed E-state index contributed by atoms with van der Waals surface area (Å²) in [6.45, 7) is 0. The lowest BCUT2D eigenvalue weighted by atomic mass is 10.2. The van der Waals surface area contributed by atoms with Gasteiger partial charge in [0, 0.05) is 31.0 Å². The van der Waals surface area contributed by atoms with E-state index in [1.165, 1.54) is 0 Å².